The van der Waals surface area contributed by atoms with Crippen LogP contribution in [0.5, 0.6) is 0 Å². The molecule has 2 aromatic heterocycles. The molecular formula is C21H24ClN3O4S2. The standard InChI is InChI=1S/C21H24ClN3O4S2/c1-2-8-24-19-6-5-15(22)11-18(19)23-21(24)30-13-20(26)25(12-17-4-3-9-29-17)16-7-10-31(27,28)14-16/h3-6,9,11,16H,2,7-8,10,12-14H2,1H3/t16-/m0/s1. The van der Waals surface area contributed by atoms with E-state index in [1.807, 2.05) is 18.2 Å². The molecule has 1 aliphatic heterocycles. The number of fused-ring (bicyclic) bond motifs is 1. The Labute approximate surface area is 190 Å². The molecule has 3 heterocycles. The van der Waals surface area contributed by atoms with Gasteiger partial charge in [-0.1, -0.05) is 30.3 Å². The number of rotatable bonds is 8. The Morgan fingerprint density at radius 3 is 2.90 bits per heavy atom. The van der Waals surface area contributed by atoms with E-state index in [2.05, 4.69) is 16.5 Å². The van der Waals surface area contributed by atoms with Crippen molar-refractivity contribution in [2.24, 2.45) is 0 Å². The summed E-state index contributed by atoms with van der Waals surface area (Å²) in [5.41, 5.74) is 1.78. The van der Waals surface area contributed by atoms with Gasteiger partial charge >= 0.3 is 0 Å². The van der Waals surface area contributed by atoms with Gasteiger partial charge in [0.15, 0.2) is 15.0 Å². The van der Waals surface area contributed by atoms with Crippen LogP contribution < -0.4 is 0 Å². The molecule has 1 aromatic carbocycles. The second kappa shape index (κ2) is 9.26. The Hall–Kier alpha value is -1.97. The Kier molecular flexibility index (Phi) is 6.64. The van der Waals surface area contributed by atoms with Crippen LogP contribution in [0.4, 0.5) is 0 Å². The summed E-state index contributed by atoms with van der Waals surface area (Å²) in [5, 5.41) is 1.37. The Morgan fingerprint density at radius 2 is 2.23 bits per heavy atom. The van der Waals surface area contributed by atoms with Crippen LogP contribution in [0, 0.1) is 0 Å². The smallest absolute Gasteiger partial charge is 0.233 e. The Bertz CT molecular complexity index is 1170. The molecule has 4 rings (SSSR count). The maximum absolute atomic E-state index is 13.2. The number of hydrogen-bond donors (Lipinski definition) is 0. The first-order valence-electron chi connectivity index (χ1n) is 10.2. The van der Waals surface area contributed by atoms with Gasteiger partial charge in [0, 0.05) is 17.6 Å². The minimum Gasteiger partial charge on any atom is -0.467 e. The van der Waals surface area contributed by atoms with Crippen molar-refractivity contribution in [2.45, 2.75) is 44.1 Å². The number of amides is 1. The fourth-order valence-corrected chi connectivity index (χ4v) is 6.68. The molecule has 0 unspecified atom stereocenters. The highest BCUT2D eigenvalue weighted by Gasteiger charge is 2.35. The number of aryl methyl sites for hydroxylation is 1. The van der Waals surface area contributed by atoms with Gasteiger partial charge in [0.05, 0.1) is 41.1 Å². The third-order valence-electron chi connectivity index (χ3n) is 5.32. The van der Waals surface area contributed by atoms with Crippen molar-refractivity contribution in [2.75, 3.05) is 17.3 Å². The zero-order valence-electron chi connectivity index (χ0n) is 17.2. The van der Waals surface area contributed by atoms with E-state index in [0.717, 1.165) is 29.2 Å². The van der Waals surface area contributed by atoms with E-state index in [1.165, 1.54) is 11.8 Å². The van der Waals surface area contributed by atoms with Crippen molar-refractivity contribution in [3.63, 3.8) is 0 Å². The molecular weight excluding hydrogens is 458 g/mol. The van der Waals surface area contributed by atoms with E-state index >= 15 is 0 Å². The lowest BCUT2D eigenvalue weighted by Crippen LogP contribution is -2.41. The van der Waals surface area contributed by atoms with Gasteiger partial charge in [0.1, 0.15) is 5.76 Å². The highest BCUT2D eigenvalue weighted by Crippen LogP contribution is 2.28. The molecule has 0 saturated carbocycles. The third kappa shape index (κ3) is 5.10. The largest absolute Gasteiger partial charge is 0.467 e. The molecule has 10 heteroatoms. The molecule has 0 spiro atoms. The Balaban J connectivity index is 1.54. The molecule has 0 aliphatic carbocycles. The molecule has 1 fully saturated rings. The number of halogens is 1. The predicted molar refractivity (Wildman–Crippen MR) is 122 cm³/mol. The molecule has 1 amide bonds. The summed E-state index contributed by atoms with van der Waals surface area (Å²) in [6.07, 6.45) is 2.93. The van der Waals surface area contributed by atoms with Crippen LogP contribution in [0.15, 0.2) is 46.2 Å². The summed E-state index contributed by atoms with van der Waals surface area (Å²) >= 11 is 7.48. The van der Waals surface area contributed by atoms with E-state index in [1.54, 1.807) is 23.3 Å². The van der Waals surface area contributed by atoms with E-state index in [-0.39, 0.29) is 35.8 Å². The van der Waals surface area contributed by atoms with Gasteiger partial charge in [0.2, 0.25) is 5.91 Å². The number of sulfone groups is 1. The number of imidazole rings is 1. The van der Waals surface area contributed by atoms with E-state index < -0.39 is 9.84 Å². The van der Waals surface area contributed by atoms with Crippen molar-refractivity contribution in [3.05, 3.63) is 47.4 Å². The number of aromatic nitrogens is 2. The first-order chi connectivity index (χ1) is 14.9. The second-order valence-corrected chi connectivity index (χ2v) is 11.2. The highest BCUT2D eigenvalue weighted by molar-refractivity contribution is 7.99. The van der Waals surface area contributed by atoms with Gasteiger partial charge in [-0.2, -0.15) is 0 Å². The van der Waals surface area contributed by atoms with Crippen LogP contribution in [0.25, 0.3) is 11.0 Å². The van der Waals surface area contributed by atoms with Gasteiger partial charge in [-0.05, 0) is 43.2 Å². The SMILES string of the molecule is CCCn1c(SCC(=O)N(Cc2ccco2)[C@H]2CCS(=O)(=O)C2)nc2cc(Cl)ccc21. The first kappa shape index (κ1) is 22.2. The second-order valence-electron chi connectivity index (χ2n) is 7.63. The van der Waals surface area contributed by atoms with Crippen LogP contribution >= 0.6 is 23.4 Å². The van der Waals surface area contributed by atoms with Crippen LogP contribution in [0.3, 0.4) is 0 Å². The van der Waals surface area contributed by atoms with Crippen molar-refractivity contribution in [1.82, 2.24) is 14.5 Å². The topological polar surface area (TPSA) is 85.4 Å². The van der Waals surface area contributed by atoms with Gasteiger partial charge in [0.25, 0.3) is 0 Å². The summed E-state index contributed by atoms with van der Waals surface area (Å²) in [6, 6.07) is 8.82. The van der Waals surface area contributed by atoms with Crippen molar-refractivity contribution in [3.8, 4) is 0 Å². The molecule has 1 aliphatic rings. The van der Waals surface area contributed by atoms with Crippen LogP contribution in [-0.4, -0.2) is 52.1 Å². The number of thioether (sulfide) groups is 1. The lowest BCUT2D eigenvalue weighted by atomic mass is 10.2. The summed E-state index contributed by atoms with van der Waals surface area (Å²) < 4.78 is 31.5. The van der Waals surface area contributed by atoms with Crippen molar-refractivity contribution >= 4 is 50.1 Å². The number of nitrogens with zero attached hydrogens (tertiary/aromatic N) is 3. The van der Waals surface area contributed by atoms with Crippen LogP contribution in [0.1, 0.15) is 25.5 Å². The molecule has 3 aromatic rings. The number of furan rings is 1. The monoisotopic (exact) mass is 481 g/mol. The lowest BCUT2D eigenvalue weighted by molar-refractivity contribution is -0.131. The summed E-state index contributed by atoms with van der Waals surface area (Å²) in [6.45, 7) is 3.13. The number of carbonyl (C=O) groups excluding carboxylic acids is 1. The molecule has 0 radical (unpaired) electrons. The fourth-order valence-electron chi connectivity index (χ4n) is 3.85. The molecule has 7 nitrogen and oxygen atoms in total. The lowest BCUT2D eigenvalue weighted by Gasteiger charge is -2.27. The molecule has 166 valence electrons. The average Bonchev–Trinajstić information content (AvgIpc) is 3.44. The first-order valence-corrected chi connectivity index (χ1v) is 13.4. The van der Waals surface area contributed by atoms with Crippen molar-refractivity contribution < 1.29 is 17.6 Å². The molecule has 31 heavy (non-hydrogen) atoms. The minimum atomic E-state index is -3.12. The van der Waals surface area contributed by atoms with Gasteiger partial charge in [-0.3, -0.25) is 4.79 Å². The highest BCUT2D eigenvalue weighted by atomic mass is 35.5. The van der Waals surface area contributed by atoms with Gasteiger partial charge in [-0.15, -0.1) is 0 Å². The third-order valence-corrected chi connectivity index (χ3v) is 8.27. The van der Waals surface area contributed by atoms with Crippen molar-refractivity contribution in [1.29, 1.82) is 0 Å². The van der Waals surface area contributed by atoms with E-state index in [4.69, 9.17) is 16.0 Å². The van der Waals surface area contributed by atoms with Gasteiger partial charge in [-0.25, -0.2) is 13.4 Å². The number of hydrogen-bond acceptors (Lipinski definition) is 6. The number of benzene rings is 1. The number of carbonyl (C=O) groups is 1. The van der Waals surface area contributed by atoms with Crippen LogP contribution in [-0.2, 0) is 27.7 Å². The quantitative estimate of drug-likeness (QED) is 0.452. The maximum atomic E-state index is 13.2. The maximum Gasteiger partial charge on any atom is 0.233 e. The fraction of sp³-hybridized carbons (Fsp3) is 0.429. The average molecular weight is 482 g/mol. The van der Waals surface area contributed by atoms with E-state index in [0.29, 0.717) is 17.2 Å². The summed E-state index contributed by atoms with van der Waals surface area (Å²) in [7, 11) is -3.12. The normalized spacial score (nSPS) is 17.9. The zero-order valence-corrected chi connectivity index (χ0v) is 19.5. The van der Waals surface area contributed by atoms with Gasteiger partial charge < -0.3 is 13.9 Å². The zero-order chi connectivity index (χ0) is 22.0. The Morgan fingerprint density at radius 1 is 1.39 bits per heavy atom. The molecule has 0 bridgehead atoms. The van der Waals surface area contributed by atoms with Crippen LogP contribution in [0.2, 0.25) is 5.02 Å². The summed E-state index contributed by atoms with van der Waals surface area (Å²) in [4.78, 5) is 19.5. The molecule has 0 N–H and O–H groups in total. The molecule has 1 atom stereocenters. The predicted octanol–water partition coefficient (Wildman–Crippen LogP) is 4.00. The van der Waals surface area contributed by atoms with E-state index in [9.17, 15) is 13.2 Å². The summed E-state index contributed by atoms with van der Waals surface area (Å²) in [5.74, 6) is 0.779. The molecule has 1 saturated heterocycles. The minimum absolute atomic E-state index is 0.00301.